The Bertz CT molecular complexity index is 660. The maximum absolute atomic E-state index is 11.0. The van der Waals surface area contributed by atoms with Gasteiger partial charge >= 0.3 is 5.97 Å². The Hall–Kier alpha value is -2.24. The number of carboxylic acid groups (broad SMARTS) is 1. The quantitative estimate of drug-likeness (QED) is 0.933. The maximum Gasteiger partial charge on any atom is 0.306 e. The Balaban J connectivity index is 1.82. The molecule has 0 spiro atoms. The van der Waals surface area contributed by atoms with Crippen LogP contribution < -0.4 is 0 Å². The zero-order valence-electron chi connectivity index (χ0n) is 12.0. The topological polar surface area (TPSA) is 89.1 Å². The van der Waals surface area contributed by atoms with E-state index in [-0.39, 0.29) is 11.8 Å². The summed E-state index contributed by atoms with van der Waals surface area (Å²) in [5.41, 5.74) is 2.69. The van der Waals surface area contributed by atoms with Crippen molar-refractivity contribution in [2.24, 2.45) is 5.92 Å². The summed E-state index contributed by atoms with van der Waals surface area (Å²) in [6.45, 7) is 3.85. The molecule has 0 aliphatic heterocycles. The van der Waals surface area contributed by atoms with E-state index in [1.165, 1.54) is 0 Å². The van der Waals surface area contributed by atoms with Crippen molar-refractivity contribution in [3.63, 3.8) is 0 Å². The van der Waals surface area contributed by atoms with Crippen LogP contribution in [0.1, 0.15) is 42.5 Å². The summed E-state index contributed by atoms with van der Waals surface area (Å²) in [4.78, 5) is 19.8. The van der Waals surface area contributed by atoms with Gasteiger partial charge in [-0.2, -0.15) is 4.98 Å². The highest BCUT2D eigenvalue weighted by Crippen LogP contribution is 2.38. The van der Waals surface area contributed by atoms with E-state index in [1.807, 2.05) is 26.0 Å². The Kier molecular flexibility index (Phi) is 3.45. The van der Waals surface area contributed by atoms with Crippen LogP contribution in [0.15, 0.2) is 16.7 Å². The monoisotopic (exact) mass is 287 g/mol. The van der Waals surface area contributed by atoms with Crippen LogP contribution >= 0.6 is 0 Å². The van der Waals surface area contributed by atoms with Crippen LogP contribution in [0.5, 0.6) is 0 Å². The summed E-state index contributed by atoms with van der Waals surface area (Å²) in [6, 6.07) is 3.83. The summed E-state index contributed by atoms with van der Waals surface area (Å²) in [5, 5.41) is 13.1. The molecule has 0 amide bonds. The number of pyridine rings is 1. The number of aromatic nitrogens is 3. The molecule has 1 fully saturated rings. The normalized spacial score (nSPS) is 21.6. The van der Waals surface area contributed by atoms with Crippen molar-refractivity contribution in [1.82, 2.24) is 15.1 Å². The fourth-order valence-corrected chi connectivity index (χ4v) is 2.91. The summed E-state index contributed by atoms with van der Waals surface area (Å²) in [6.07, 6.45) is 2.03. The first-order valence-electron chi connectivity index (χ1n) is 7.05. The Morgan fingerprint density at radius 2 is 1.95 bits per heavy atom. The molecule has 1 N–H and O–H groups in total. The lowest BCUT2D eigenvalue weighted by molar-refractivity contribution is -0.141. The first-order valence-corrected chi connectivity index (χ1v) is 7.05. The molecule has 2 unspecified atom stereocenters. The smallest absolute Gasteiger partial charge is 0.306 e. The second kappa shape index (κ2) is 5.27. The second-order valence-electron chi connectivity index (χ2n) is 5.64. The van der Waals surface area contributed by atoms with Gasteiger partial charge in [-0.05, 0) is 45.2 Å². The van der Waals surface area contributed by atoms with Gasteiger partial charge in [-0.25, -0.2) is 0 Å². The molecule has 1 aliphatic carbocycles. The van der Waals surface area contributed by atoms with Gasteiger partial charge in [-0.3, -0.25) is 9.78 Å². The highest BCUT2D eigenvalue weighted by molar-refractivity contribution is 5.70. The highest BCUT2D eigenvalue weighted by atomic mass is 16.5. The fourth-order valence-electron chi connectivity index (χ4n) is 2.91. The largest absolute Gasteiger partial charge is 0.481 e. The van der Waals surface area contributed by atoms with Crippen molar-refractivity contribution < 1.29 is 14.4 Å². The standard InChI is InChI=1S/C15H17N3O3/c1-8-5-12(6-9(2)16-8)13-17-14(21-18-13)10-3-4-11(7-10)15(19)20/h5-6,10-11H,3-4,7H2,1-2H3,(H,19,20). The molecule has 6 heteroatoms. The van der Waals surface area contributed by atoms with Crippen LogP contribution in [-0.4, -0.2) is 26.2 Å². The lowest BCUT2D eigenvalue weighted by atomic mass is 10.1. The van der Waals surface area contributed by atoms with E-state index in [0.29, 0.717) is 24.6 Å². The van der Waals surface area contributed by atoms with Crippen LogP contribution in [0.25, 0.3) is 11.4 Å². The van der Waals surface area contributed by atoms with Crippen LogP contribution in [0, 0.1) is 19.8 Å². The number of rotatable bonds is 3. The van der Waals surface area contributed by atoms with Gasteiger partial charge in [0.15, 0.2) is 0 Å². The molecule has 0 saturated heterocycles. The van der Waals surface area contributed by atoms with Crippen molar-refractivity contribution in [3.8, 4) is 11.4 Å². The molecular weight excluding hydrogens is 270 g/mol. The van der Waals surface area contributed by atoms with Crippen molar-refractivity contribution in [3.05, 3.63) is 29.4 Å². The van der Waals surface area contributed by atoms with E-state index >= 15 is 0 Å². The fraction of sp³-hybridized carbons (Fsp3) is 0.467. The Morgan fingerprint density at radius 3 is 2.57 bits per heavy atom. The molecule has 6 nitrogen and oxygen atoms in total. The molecule has 2 aromatic rings. The first-order chi connectivity index (χ1) is 10.0. The van der Waals surface area contributed by atoms with Gasteiger partial charge in [0, 0.05) is 22.9 Å². The van der Waals surface area contributed by atoms with E-state index in [0.717, 1.165) is 23.4 Å². The average Bonchev–Trinajstić information content (AvgIpc) is 3.07. The number of carbonyl (C=O) groups is 1. The van der Waals surface area contributed by atoms with Crippen molar-refractivity contribution >= 4 is 5.97 Å². The molecule has 0 aromatic carbocycles. The highest BCUT2D eigenvalue weighted by Gasteiger charge is 2.33. The number of aryl methyl sites for hydroxylation is 2. The third-order valence-corrected chi connectivity index (χ3v) is 3.91. The summed E-state index contributed by atoms with van der Waals surface area (Å²) in [7, 11) is 0. The SMILES string of the molecule is Cc1cc(-c2noc(C3CCC(C(=O)O)C3)n2)cc(C)n1. The molecule has 2 atom stereocenters. The van der Waals surface area contributed by atoms with Gasteiger partial charge in [0.25, 0.3) is 0 Å². The molecule has 3 rings (SSSR count). The molecule has 2 aromatic heterocycles. The minimum atomic E-state index is -0.738. The van der Waals surface area contributed by atoms with Crippen LogP contribution in [0.2, 0.25) is 0 Å². The minimum Gasteiger partial charge on any atom is -0.481 e. The second-order valence-corrected chi connectivity index (χ2v) is 5.64. The third-order valence-electron chi connectivity index (χ3n) is 3.91. The van der Waals surface area contributed by atoms with Crippen molar-refractivity contribution in [2.75, 3.05) is 0 Å². The van der Waals surface area contributed by atoms with E-state index < -0.39 is 5.97 Å². The Labute approximate surface area is 122 Å². The number of hydrogen-bond acceptors (Lipinski definition) is 5. The summed E-state index contributed by atoms with van der Waals surface area (Å²) < 4.78 is 5.34. The molecule has 0 bridgehead atoms. The first kappa shape index (κ1) is 13.7. The van der Waals surface area contributed by atoms with Gasteiger partial charge in [-0.15, -0.1) is 0 Å². The van der Waals surface area contributed by atoms with Gasteiger partial charge in [0.05, 0.1) is 5.92 Å². The maximum atomic E-state index is 11.0. The number of nitrogens with zero attached hydrogens (tertiary/aromatic N) is 3. The zero-order valence-corrected chi connectivity index (χ0v) is 12.0. The molecule has 1 saturated carbocycles. The molecule has 110 valence electrons. The van der Waals surface area contributed by atoms with E-state index in [1.54, 1.807) is 0 Å². The van der Waals surface area contributed by atoms with Gasteiger partial charge in [0.1, 0.15) is 0 Å². The van der Waals surface area contributed by atoms with E-state index in [4.69, 9.17) is 9.63 Å². The summed E-state index contributed by atoms with van der Waals surface area (Å²) >= 11 is 0. The molecule has 21 heavy (non-hydrogen) atoms. The van der Waals surface area contributed by atoms with Crippen molar-refractivity contribution in [2.45, 2.75) is 39.0 Å². The predicted molar refractivity (Wildman–Crippen MR) is 74.7 cm³/mol. The van der Waals surface area contributed by atoms with Crippen LogP contribution in [0.3, 0.4) is 0 Å². The van der Waals surface area contributed by atoms with Gasteiger partial charge in [0.2, 0.25) is 11.7 Å². The predicted octanol–water partition coefficient (Wildman–Crippen LogP) is 2.72. The number of aliphatic carboxylic acids is 1. The van der Waals surface area contributed by atoms with Gasteiger partial charge in [-0.1, -0.05) is 5.16 Å². The molecule has 1 aliphatic rings. The zero-order chi connectivity index (χ0) is 15.0. The number of carboxylic acids is 1. The average molecular weight is 287 g/mol. The molecule has 2 heterocycles. The Morgan fingerprint density at radius 1 is 1.24 bits per heavy atom. The van der Waals surface area contributed by atoms with E-state index in [9.17, 15) is 4.79 Å². The van der Waals surface area contributed by atoms with Gasteiger partial charge < -0.3 is 9.63 Å². The minimum absolute atomic E-state index is 0.0522. The summed E-state index contributed by atoms with van der Waals surface area (Å²) in [5.74, 6) is 0.100. The van der Waals surface area contributed by atoms with Crippen LogP contribution in [-0.2, 0) is 4.79 Å². The molecular formula is C15H17N3O3. The lowest BCUT2D eigenvalue weighted by Gasteiger charge is -2.02. The van der Waals surface area contributed by atoms with Crippen LogP contribution in [0.4, 0.5) is 0 Å². The molecule has 0 radical (unpaired) electrons. The number of hydrogen-bond donors (Lipinski definition) is 1. The van der Waals surface area contributed by atoms with E-state index in [2.05, 4.69) is 15.1 Å². The third kappa shape index (κ3) is 2.79. The lowest BCUT2D eigenvalue weighted by Crippen LogP contribution is -2.09. The van der Waals surface area contributed by atoms with Crippen molar-refractivity contribution in [1.29, 1.82) is 0 Å².